The summed E-state index contributed by atoms with van der Waals surface area (Å²) in [6.45, 7) is 2.60. The molecule has 0 radical (unpaired) electrons. The summed E-state index contributed by atoms with van der Waals surface area (Å²) in [6, 6.07) is 21.6. The van der Waals surface area contributed by atoms with Crippen molar-refractivity contribution in [2.24, 2.45) is 0 Å². The van der Waals surface area contributed by atoms with Crippen LogP contribution in [-0.2, 0) is 20.9 Å². The highest BCUT2D eigenvalue weighted by Gasteiger charge is 2.20. The van der Waals surface area contributed by atoms with Gasteiger partial charge in [-0.25, -0.2) is 4.98 Å². The molecule has 0 atom stereocenters. The number of carbonyl (C=O) groups excluding carboxylic acids is 3. The summed E-state index contributed by atoms with van der Waals surface area (Å²) in [4.78, 5) is 43.4. The van der Waals surface area contributed by atoms with Crippen LogP contribution in [0.25, 0.3) is 0 Å². The average molecular weight is 461 g/mol. The van der Waals surface area contributed by atoms with E-state index in [1.54, 1.807) is 48.7 Å². The first kappa shape index (κ1) is 24.4. The molecule has 0 aliphatic carbocycles. The minimum Gasteiger partial charge on any atom is -0.494 e. The Morgan fingerprint density at radius 1 is 0.882 bits per heavy atom. The van der Waals surface area contributed by atoms with Crippen LogP contribution in [0.15, 0.2) is 79.0 Å². The third-order valence-electron chi connectivity index (χ3n) is 4.89. The summed E-state index contributed by atoms with van der Waals surface area (Å²) >= 11 is 0. The summed E-state index contributed by atoms with van der Waals surface area (Å²) in [5.41, 5.74) is 1.51. The van der Waals surface area contributed by atoms with Crippen LogP contribution in [0.1, 0.15) is 25.3 Å². The number of aromatic nitrogens is 1. The average Bonchev–Trinajstić information content (AvgIpc) is 2.86. The molecule has 8 heteroatoms. The van der Waals surface area contributed by atoms with Gasteiger partial charge in [-0.1, -0.05) is 36.4 Å². The fourth-order valence-electron chi connectivity index (χ4n) is 3.21. The normalized spacial score (nSPS) is 10.3. The monoisotopic (exact) mass is 460 g/mol. The molecule has 176 valence electrons. The molecule has 8 nitrogen and oxygen atoms in total. The molecule has 0 saturated carbocycles. The molecule has 2 N–H and O–H groups in total. The molecule has 0 aliphatic rings. The van der Waals surface area contributed by atoms with Gasteiger partial charge in [0.15, 0.2) is 0 Å². The Bertz CT molecular complexity index is 1070. The van der Waals surface area contributed by atoms with E-state index >= 15 is 0 Å². The Morgan fingerprint density at radius 2 is 1.62 bits per heavy atom. The zero-order valence-electron chi connectivity index (χ0n) is 19.1. The van der Waals surface area contributed by atoms with E-state index in [-0.39, 0.29) is 37.1 Å². The van der Waals surface area contributed by atoms with Gasteiger partial charge in [0.05, 0.1) is 6.61 Å². The SMILES string of the molecule is CCOc1ccc(N(CC(=O)NCc2ccccc2)C(=O)CCC(=O)Nc2ccccn2)cc1. The van der Waals surface area contributed by atoms with Crippen LogP contribution in [-0.4, -0.2) is 35.9 Å². The zero-order valence-corrected chi connectivity index (χ0v) is 19.1. The maximum Gasteiger partial charge on any atom is 0.240 e. The van der Waals surface area contributed by atoms with Gasteiger partial charge in [-0.05, 0) is 48.9 Å². The predicted octanol–water partition coefficient (Wildman–Crippen LogP) is 3.55. The second kappa shape index (κ2) is 12.7. The van der Waals surface area contributed by atoms with E-state index in [2.05, 4.69) is 15.6 Å². The number of hydrogen-bond donors (Lipinski definition) is 2. The van der Waals surface area contributed by atoms with Crippen LogP contribution >= 0.6 is 0 Å². The van der Waals surface area contributed by atoms with Crippen molar-refractivity contribution in [1.82, 2.24) is 10.3 Å². The van der Waals surface area contributed by atoms with E-state index in [1.807, 2.05) is 37.3 Å². The zero-order chi connectivity index (χ0) is 24.2. The molecule has 34 heavy (non-hydrogen) atoms. The molecule has 0 unspecified atom stereocenters. The molecule has 3 aromatic rings. The first-order valence-electron chi connectivity index (χ1n) is 11.1. The van der Waals surface area contributed by atoms with Crippen molar-refractivity contribution in [2.45, 2.75) is 26.3 Å². The second-order valence-electron chi connectivity index (χ2n) is 7.43. The van der Waals surface area contributed by atoms with Gasteiger partial charge in [0, 0.05) is 31.3 Å². The van der Waals surface area contributed by atoms with Crippen molar-refractivity contribution in [1.29, 1.82) is 0 Å². The Kier molecular flexibility index (Phi) is 9.16. The minimum absolute atomic E-state index is 0.0332. The molecular weight excluding hydrogens is 432 g/mol. The fraction of sp³-hybridized carbons (Fsp3) is 0.231. The lowest BCUT2D eigenvalue weighted by Gasteiger charge is -2.23. The van der Waals surface area contributed by atoms with E-state index in [0.29, 0.717) is 30.4 Å². The number of amides is 3. The van der Waals surface area contributed by atoms with Gasteiger partial charge in [0.1, 0.15) is 18.1 Å². The number of nitrogens with zero attached hydrogens (tertiary/aromatic N) is 2. The lowest BCUT2D eigenvalue weighted by molar-refractivity contribution is -0.125. The summed E-state index contributed by atoms with van der Waals surface area (Å²) < 4.78 is 5.46. The quantitative estimate of drug-likeness (QED) is 0.456. The van der Waals surface area contributed by atoms with Crippen molar-refractivity contribution < 1.29 is 19.1 Å². The third kappa shape index (κ3) is 7.74. The second-order valence-corrected chi connectivity index (χ2v) is 7.43. The summed E-state index contributed by atoms with van der Waals surface area (Å²) in [5, 5.41) is 5.50. The smallest absolute Gasteiger partial charge is 0.240 e. The van der Waals surface area contributed by atoms with Gasteiger partial charge in [0.2, 0.25) is 17.7 Å². The molecule has 2 aromatic carbocycles. The maximum atomic E-state index is 13.0. The molecule has 0 spiro atoms. The topological polar surface area (TPSA) is 101 Å². The number of rotatable bonds is 11. The molecule has 1 heterocycles. The first-order chi connectivity index (χ1) is 16.5. The number of pyridine rings is 1. The van der Waals surface area contributed by atoms with Gasteiger partial charge < -0.3 is 20.3 Å². The van der Waals surface area contributed by atoms with Crippen molar-refractivity contribution in [2.75, 3.05) is 23.4 Å². The molecule has 3 rings (SSSR count). The largest absolute Gasteiger partial charge is 0.494 e. The van der Waals surface area contributed by atoms with Gasteiger partial charge in [-0.15, -0.1) is 0 Å². The Balaban J connectivity index is 1.64. The van der Waals surface area contributed by atoms with Crippen molar-refractivity contribution in [3.05, 3.63) is 84.6 Å². The molecule has 0 saturated heterocycles. The van der Waals surface area contributed by atoms with E-state index < -0.39 is 0 Å². The molecule has 3 amide bonds. The van der Waals surface area contributed by atoms with Gasteiger partial charge >= 0.3 is 0 Å². The Hall–Kier alpha value is -4.20. The minimum atomic E-state index is -0.338. The number of ether oxygens (including phenoxy) is 1. The highest BCUT2D eigenvalue weighted by molar-refractivity contribution is 6.01. The van der Waals surface area contributed by atoms with Gasteiger partial charge in [-0.2, -0.15) is 0 Å². The van der Waals surface area contributed by atoms with Crippen LogP contribution < -0.4 is 20.3 Å². The van der Waals surface area contributed by atoms with E-state index in [9.17, 15) is 14.4 Å². The van der Waals surface area contributed by atoms with Crippen LogP contribution in [0.4, 0.5) is 11.5 Å². The lowest BCUT2D eigenvalue weighted by atomic mass is 10.2. The Labute approximate surface area is 199 Å². The van der Waals surface area contributed by atoms with Crippen LogP contribution in [0.3, 0.4) is 0 Å². The number of carbonyl (C=O) groups is 3. The van der Waals surface area contributed by atoms with Crippen LogP contribution in [0.2, 0.25) is 0 Å². The lowest BCUT2D eigenvalue weighted by Crippen LogP contribution is -2.41. The van der Waals surface area contributed by atoms with Crippen molar-refractivity contribution in [3.63, 3.8) is 0 Å². The van der Waals surface area contributed by atoms with Crippen LogP contribution in [0.5, 0.6) is 5.75 Å². The standard InChI is InChI=1S/C26H28N4O4/c1-2-34-22-13-11-21(12-14-22)30(19-25(32)28-18-20-8-4-3-5-9-20)26(33)16-15-24(31)29-23-10-6-7-17-27-23/h3-14,17H,2,15-16,18-19H2,1H3,(H,28,32)(H,27,29,31). The van der Waals surface area contributed by atoms with Gasteiger partial charge in [-0.3, -0.25) is 14.4 Å². The molecule has 0 bridgehead atoms. The molecule has 0 aliphatic heterocycles. The van der Waals surface area contributed by atoms with Gasteiger partial charge in [0.25, 0.3) is 0 Å². The van der Waals surface area contributed by atoms with E-state index in [4.69, 9.17) is 4.74 Å². The third-order valence-corrected chi connectivity index (χ3v) is 4.89. The summed E-state index contributed by atoms with van der Waals surface area (Å²) in [7, 11) is 0. The Morgan fingerprint density at radius 3 is 2.29 bits per heavy atom. The number of benzene rings is 2. The summed E-state index contributed by atoms with van der Waals surface area (Å²) in [6.07, 6.45) is 1.48. The van der Waals surface area contributed by atoms with Crippen LogP contribution in [0, 0.1) is 0 Å². The predicted molar refractivity (Wildman–Crippen MR) is 130 cm³/mol. The van der Waals surface area contributed by atoms with E-state index in [1.165, 1.54) is 4.90 Å². The number of anilines is 2. The van der Waals surface area contributed by atoms with Crippen molar-refractivity contribution in [3.8, 4) is 5.75 Å². The van der Waals surface area contributed by atoms with E-state index in [0.717, 1.165) is 5.56 Å². The first-order valence-corrected chi connectivity index (χ1v) is 11.1. The fourth-order valence-corrected chi connectivity index (χ4v) is 3.21. The highest BCUT2D eigenvalue weighted by Crippen LogP contribution is 2.21. The summed E-state index contributed by atoms with van der Waals surface area (Å²) in [5.74, 6) is 0.122. The molecular formula is C26H28N4O4. The number of nitrogens with one attached hydrogen (secondary N) is 2. The highest BCUT2D eigenvalue weighted by atomic mass is 16.5. The maximum absolute atomic E-state index is 13.0. The molecule has 1 aromatic heterocycles. The molecule has 0 fully saturated rings. The van der Waals surface area contributed by atoms with Crippen molar-refractivity contribution >= 4 is 29.2 Å². The number of hydrogen-bond acceptors (Lipinski definition) is 5.